The summed E-state index contributed by atoms with van der Waals surface area (Å²) in [6.07, 6.45) is -3.22. The molecule has 0 N–H and O–H groups in total. The minimum Gasteiger partial charge on any atom is -0.472 e. The number of hydrogen-bond acceptors (Lipinski definition) is 4. The highest BCUT2D eigenvalue weighted by Gasteiger charge is 2.32. The van der Waals surface area contributed by atoms with Crippen molar-refractivity contribution in [3.8, 4) is 5.88 Å². The number of nitrogens with zero attached hydrogens (tertiary/aromatic N) is 3. The average Bonchev–Trinajstić information content (AvgIpc) is 3.09. The minimum atomic E-state index is -4.45. The van der Waals surface area contributed by atoms with Gasteiger partial charge in [-0.3, -0.25) is 4.79 Å². The Hall–Kier alpha value is -2.77. The third-order valence-corrected chi connectivity index (χ3v) is 4.39. The van der Waals surface area contributed by atoms with Crippen molar-refractivity contribution in [1.29, 1.82) is 0 Å². The van der Waals surface area contributed by atoms with E-state index in [1.807, 2.05) is 37.2 Å². The number of hydrogen-bond donors (Lipinski definition) is 0. The molecule has 2 aromatic rings. The van der Waals surface area contributed by atoms with Gasteiger partial charge in [-0.2, -0.15) is 13.2 Å². The molecule has 1 fully saturated rings. The number of likely N-dealkylation sites (tertiary alicyclic amines) is 1. The fraction of sp³-hybridized carbons (Fsp3) is 0.368. The van der Waals surface area contributed by atoms with Crippen LogP contribution >= 0.6 is 0 Å². The van der Waals surface area contributed by atoms with Crippen molar-refractivity contribution in [3.63, 3.8) is 0 Å². The van der Waals surface area contributed by atoms with Gasteiger partial charge >= 0.3 is 6.18 Å². The highest BCUT2D eigenvalue weighted by Crippen LogP contribution is 2.31. The summed E-state index contributed by atoms with van der Waals surface area (Å²) in [5.74, 6) is -0.208. The van der Waals surface area contributed by atoms with Gasteiger partial charge in [0.25, 0.3) is 5.91 Å². The lowest BCUT2D eigenvalue weighted by Gasteiger charge is -2.19. The molecule has 5 nitrogen and oxygen atoms in total. The number of carbonyl (C=O) groups is 1. The number of anilines is 1. The van der Waals surface area contributed by atoms with Gasteiger partial charge in [0, 0.05) is 50.6 Å². The van der Waals surface area contributed by atoms with Crippen LogP contribution in [0, 0.1) is 0 Å². The van der Waals surface area contributed by atoms with Crippen molar-refractivity contribution in [2.24, 2.45) is 0 Å². The molecule has 1 aliphatic heterocycles. The van der Waals surface area contributed by atoms with Gasteiger partial charge < -0.3 is 14.5 Å². The van der Waals surface area contributed by atoms with Crippen LogP contribution < -0.4 is 9.64 Å². The Kier molecular flexibility index (Phi) is 5.25. The fourth-order valence-corrected chi connectivity index (χ4v) is 2.93. The van der Waals surface area contributed by atoms with Gasteiger partial charge in [0.2, 0.25) is 5.88 Å². The van der Waals surface area contributed by atoms with Gasteiger partial charge in [-0.05, 0) is 24.3 Å². The van der Waals surface area contributed by atoms with Crippen molar-refractivity contribution in [2.45, 2.75) is 18.7 Å². The molecule has 1 unspecified atom stereocenters. The summed E-state index contributed by atoms with van der Waals surface area (Å²) in [7, 11) is 3.79. The van der Waals surface area contributed by atoms with Crippen molar-refractivity contribution < 1.29 is 22.7 Å². The van der Waals surface area contributed by atoms with E-state index in [-0.39, 0.29) is 17.9 Å². The quantitative estimate of drug-likeness (QED) is 0.816. The summed E-state index contributed by atoms with van der Waals surface area (Å²) >= 11 is 0. The van der Waals surface area contributed by atoms with Crippen molar-refractivity contribution in [1.82, 2.24) is 9.88 Å². The number of benzene rings is 1. The second kappa shape index (κ2) is 7.46. The van der Waals surface area contributed by atoms with Crippen LogP contribution in [0.3, 0.4) is 0 Å². The van der Waals surface area contributed by atoms with Gasteiger partial charge in [0.15, 0.2) is 0 Å². The van der Waals surface area contributed by atoms with E-state index in [1.165, 1.54) is 0 Å². The first-order chi connectivity index (χ1) is 12.7. The second-order valence-corrected chi connectivity index (χ2v) is 6.60. The zero-order chi connectivity index (χ0) is 19.6. The smallest absolute Gasteiger partial charge is 0.416 e. The van der Waals surface area contributed by atoms with Crippen molar-refractivity contribution >= 4 is 11.6 Å². The molecule has 0 saturated carbocycles. The third-order valence-electron chi connectivity index (χ3n) is 4.39. The van der Waals surface area contributed by atoms with Crippen LogP contribution in [-0.2, 0) is 6.18 Å². The topological polar surface area (TPSA) is 45.7 Å². The zero-order valence-electron chi connectivity index (χ0n) is 15.0. The van der Waals surface area contributed by atoms with E-state index in [0.717, 1.165) is 24.0 Å². The SMILES string of the molecule is CN(C)c1cccc(C(=O)N2CCC(Oc3cc(C(F)(F)F)ccn3)C2)c1. The molecule has 1 amide bonds. The Balaban J connectivity index is 1.65. The van der Waals surface area contributed by atoms with E-state index in [1.54, 1.807) is 11.0 Å². The lowest BCUT2D eigenvalue weighted by molar-refractivity contribution is -0.137. The van der Waals surface area contributed by atoms with Crippen LogP contribution in [0.25, 0.3) is 0 Å². The average molecular weight is 379 g/mol. The first-order valence-corrected chi connectivity index (χ1v) is 8.50. The van der Waals surface area contributed by atoms with Gasteiger partial charge in [-0.25, -0.2) is 4.98 Å². The highest BCUT2D eigenvalue weighted by atomic mass is 19.4. The Bertz CT molecular complexity index is 824. The summed E-state index contributed by atoms with van der Waals surface area (Å²) in [6, 6.07) is 9.06. The summed E-state index contributed by atoms with van der Waals surface area (Å²) in [4.78, 5) is 20.1. The summed E-state index contributed by atoms with van der Waals surface area (Å²) in [5.41, 5.74) is 0.680. The number of aromatic nitrogens is 1. The summed E-state index contributed by atoms with van der Waals surface area (Å²) < 4.78 is 43.9. The molecular weight excluding hydrogens is 359 g/mol. The van der Waals surface area contributed by atoms with E-state index in [9.17, 15) is 18.0 Å². The Morgan fingerprint density at radius 1 is 1.26 bits per heavy atom. The Morgan fingerprint density at radius 2 is 2.04 bits per heavy atom. The molecular formula is C19H20F3N3O2. The third kappa shape index (κ3) is 4.50. The first kappa shape index (κ1) is 19.0. The Morgan fingerprint density at radius 3 is 2.74 bits per heavy atom. The van der Waals surface area contributed by atoms with E-state index >= 15 is 0 Å². The maximum atomic E-state index is 12.8. The van der Waals surface area contributed by atoms with Crippen LogP contribution in [-0.4, -0.2) is 49.1 Å². The van der Waals surface area contributed by atoms with E-state index in [0.29, 0.717) is 25.1 Å². The number of carbonyl (C=O) groups excluding carboxylic acids is 1. The molecule has 144 valence electrons. The predicted molar refractivity (Wildman–Crippen MR) is 94.9 cm³/mol. The lowest BCUT2D eigenvalue weighted by atomic mass is 10.1. The largest absolute Gasteiger partial charge is 0.472 e. The van der Waals surface area contributed by atoms with Crippen LogP contribution in [0.1, 0.15) is 22.3 Å². The van der Waals surface area contributed by atoms with Crippen LogP contribution in [0.5, 0.6) is 5.88 Å². The molecule has 27 heavy (non-hydrogen) atoms. The van der Waals surface area contributed by atoms with E-state index < -0.39 is 11.7 Å². The normalized spacial score (nSPS) is 17.1. The van der Waals surface area contributed by atoms with Gasteiger partial charge in [-0.1, -0.05) is 6.07 Å². The van der Waals surface area contributed by atoms with E-state index in [4.69, 9.17) is 4.74 Å². The number of halogens is 3. The first-order valence-electron chi connectivity index (χ1n) is 8.50. The van der Waals surface area contributed by atoms with Crippen molar-refractivity contribution in [2.75, 3.05) is 32.1 Å². The zero-order valence-corrected chi connectivity index (χ0v) is 15.0. The van der Waals surface area contributed by atoms with Gasteiger partial charge in [-0.15, -0.1) is 0 Å². The second-order valence-electron chi connectivity index (χ2n) is 6.60. The molecule has 1 aromatic heterocycles. The van der Waals surface area contributed by atoms with E-state index in [2.05, 4.69) is 4.98 Å². The molecule has 8 heteroatoms. The van der Waals surface area contributed by atoms with Crippen LogP contribution in [0.15, 0.2) is 42.6 Å². The maximum Gasteiger partial charge on any atom is 0.416 e. The van der Waals surface area contributed by atoms with Gasteiger partial charge in [0.05, 0.1) is 12.1 Å². The monoisotopic (exact) mass is 379 g/mol. The molecule has 1 aromatic carbocycles. The molecule has 1 aliphatic rings. The molecule has 2 heterocycles. The molecule has 0 spiro atoms. The molecule has 0 aliphatic carbocycles. The van der Waals surface area contributed by atoms with Gasteiger partial charge in [0.1, 0.15) is 6.10 Å². The molecule has 0 radical (unpaired) electrons. The number of alkyl halides is 3. The number of ether oxygens (including phenoxy) is 1. The number of pyridine rings is 1. The maximum absolute atomic E-state index is 12.8. The standard InChI is InChI=1S/C19H20F3N3O2/c1-24(2)15-5-3-4-13(10-15)18(26)25-9-7-16(12-25)27-17-11-14(6-8-23-17)19(20,21)22/h3-6,8,10-11,16H,7,9,12H2,1-2H3. The summed E-state index contributed by atoms with van der Waals surface area (Å²) in [6.45, 7) is 0.789. The molecule has 0 bridgehead atoms. The Labute approximate surface area is 155 Å². The predicted octanol–water partition coefficient (Wildman–Crippen LogP) is 3.46. The highest BCUT2D eigenvalue weighted by molar-refractivity contribution is 5.95. The summed E-state index contributed by atoms with van der Waals surface area (Å²) in [5, 5.41) is 0. The fourth-order valence-electron chi connectivity index (χ4n) is 2.93. The minimum absolute atomic E-state index is 0.0845. The molecule has 1 saturated heterocycles. The lowest BCUT2D eigenvalue weighted by Crippen LogP contribution is -2.31. The van der Waals surface area contributed by atoms with Crippen molar-refractivity contribution in [3.05, 3.63) is 53.7 Å². The van der Waals surface area contributed by atoms with Crippen LogP contribution in [0.2, 0.25) is 0 Å². The molecule has 1 atom stereocenters. The van der Waals surface area contributed by atoms with Crippen LogP contribution in [0.4, 0.5) is 18.9 Å². The molecule has 3 rings (SSSR count). The number of amides is 1. The number of rotatable bonds is 4.